The first-order valence-corrected chi connectivity index (χ1v) is 5.80. The average molecular weight is 279 g/mol. The Hall–Kier alpha value is -0.930. The highest BCUT2D eigenvalue weighted by Gasteiger charge is 2.10. The number of furan rings is 1. The summed E-state index contributed by atoms with van der Waals surface area (Å²) in [5.74, 6) is 0. The van der Waals surface area contributed by atoms with Gasteiger partial charge in [-0.25, -0.2) is 0 Å². The van der Waals surface area contributed by atoms with Crippen LogP contribution in [-0.2, 0) is 0 Å². The monoisotopic (exact) mass is 278 g/mol. The Kier molecular flexibility index (Phi) is 2.04. The lowest BCUT2D eigenvalue weighted by Gasteiger charge is -1.96. The number of hydrogen-bond acceptors (Lipinski definition) is 2. The van der Waals surface area contributed by atoms with Crippen LogP contribution in [-0.4, -0.2) is 0 Å². The minimum absolute atomic E-state index is 0.842. The number of rotatable bonds is 0. The predicted molar refractivity (Wildman–Crippen MR) is 68.7 cm³/mol. The molecule has 1 aromatic heterocycles. The molecule has 0 spiro atoms. The fourth-order valence-electron chi connectivity index (χ4n) is 1.75. The molecule has 0 saturated carbocycles. The second-order valence-corrected chi connectivity index (χ2v) is 4.67. The Labute approximate surface area is 101 Å². The van der Waals surface area contributed by atoms with Crippen LogP contribution in [0, 0.1) is 0 Å². The summed E-state index contributed by atoms with van der Waals surface area (Å²) in [5.41, 5.74) is 1.75. The van der Waals surface area contributed by atoms with Crippen LogP contribution in [0.1, 0.15) is 0 Å². The molecule has 0 amide bonds. The first-order valence-electron chi connectivity index (χ1n) is 4.56. The van der Waals surface area contributed by atoms with Crippen molar-refractivity contribution in [3.63, 3.8) is 0 Å². The van der Waals surface area contributed by atoms with Crippen LogP contribution in [0.25, 0.3) is 21.9 Å². The van der Waals surface area contributed by atoms with Crippen LogP contribution in [0.3, 0.4) is 0 Å². The SMILES string of the molecule is Sc1c(Br)ccc2c1oc1ccccc12. The van der Waals surface area contributed by atoms with Crippen molar-refractivity contribution in [1.82, 2.24) is 0 Å². The van der Waals surface area contributed by atoms with E-state index in [-0.39, 0.29) is 0 Å². The lowest BCUT2D eigenvalue weighted by molar-refractivity contribution is 0.660. The molecule has 0 aliphatic rings. The molecule has 3 aromatic rings. The number of halogens is 1. The lowest BCUT2D eigenvalue weighted by atomic mass is 10.1. The quantitative estimate of drug-likeness (QED) is 0.592. The van der Waals surface area contributed by atoms with Gasteiger partial charge in [-0.2, -0.15) is 0 Å². The molecule has 0 aliphatic carbocycles. The Morgan fingerprint density at radius 3 is 2.67 bits per heavy atom. The van der Waals surface area contributed by atoms with Crippen molar-refractivity contribution >= 4 is 50.5 Å². The molecule has 3 rings (SSSR count). The molecule has 0 radical (unpaired) electrons. The van der Waals surface area contributed by atoms with Crippen molar-refractivity contribution in [1.29, 1.82) is 0 Å². The first-order chi connectivity index (χ1) is 7.27. The van der Waals surface area contributed by atoms with Crippen molar-refractivity contribution in [3.8, 4) is 0 Å². The van der Waals surface area contributed by atoms with E-state index in [4.69, 9.17) is 4.42 Å². The number of hydrogen-bond donors (Lipinski definition) is 1. The molecular formula is C12H7BrOS. The molecule has 2 aromatic carbocycles. The van der Waals surface area contributed by atoms with E-state index in [1.807, 2.05) is 30.3 Å². The number of para-hydroxylation sites is 1. The van der Waals surface area contributed by atoms with E-state index in [1.54, 1.807) is 0 Å². The van der Waals surface area contributed by atoms with Gasteiger partial charge in [0.05, 0.1) is 4.90 Å². The van der Waals surface area contributed by atoms with Crippen LogP contribution in [0.4, 0.5) is 0 Å². The highest BCUT2D eigenvalue weighted by Crippen LogP contribution is 2.35. The molecule has 1 nitrogen and oxygen atoms in total. The second kappa shape index (κ2) is 3.29. The summed E-state index contributed by atoms with van der Waals surface area (Å²) in [6.07, 6.45) is 0. The molecule has 0 atom stereocenters. The number of benzene rings is 2. The van der Waals surface area contributed by atoms with Gasteiger partial charge >= 0.3 is 0 Å². The lowest BCUT2D eigenvalue weighted by Crippen LogP contribution is -1.71. The van der Waals surface area contributed by atoms with Gasteiger partial charge < -0.3 is 4.42 Å². The van der Waals surface area contributed by atoms with E-state index in [9.17, 15) is 0 Å². The topological polar surface area (TPSA) is 13.1 Å². The second-order valence-electron chi connectivity index (χ2n) is 3.37. The maximum Gasteiger partial charge on any atom is 0.149 e. The van der Waals surface area contributed by atoms with Gasteiger partial charge in [-0.15, -0.1) is 12.6 Å². The Morgan fingerprint density at radius 1 is 1.00 bits per heavy atom. The standard InChI is InChI=1S/C12H7BrOS/c13-9-6-5-8-7-3-1-2-4-10(7)14-11(8)12(9)15/h1-6,15H. The molecule has 0 N–H and O–H groups in total. The molecule has 0 aliphatic heterocycles. The van der Waals surface area contributed by atoms with Crippen LogP contribution in [0.5, 0.6) is 0 Å². The zero-order valence-electron chi connectivity index (χ0n) is 7.70. The van der Waals surface area contributed by atoms with Gasteiger partial charge in [0.2, 0.25) is 0 Å². The summed E-state index contributed by atoms with van der Waals surface area (Å²) >= 11 is 7.87. The molecule has 15 heavy (non-hydrogen) atoms. The average Bonchev–Trinajstić information content (AvgIpc) is 2.63. The van der Waals surface area contributed by atoms with Crippen molar-refractivity contribution in [2.24, 2.45) is 0 Å². The van der Waals surface area contributed by atoms with Gasteiger partial charge in [0.25, 0.3) is 0 Å². The zero-order chi connectivity index (χ0) is 10.4. The third kappa shape index (κ3) is 1.30. The molecule has 74 valence electrons. The van der Waals surface area contributed by atoms with E-state index in [0.29, 0.717) is 0 Å². The fraction of sp³-hybridized carbons (Fsp3) is 0. The number of thiol groups is 1. The highest BCUT2D eigenvalue weighted by atomic mass is 79.9. The van der Waals surface area contributed by atoms with Gasteiger partial charge in [-0.3, -0.25) is 0 Å². The fourth-order valence-corrected chi connectivity index (χ4v) is 2.30. The summed E-state index contributed by atoms with van der Waals surface area (Å²) < 4.78 is 6.71. The Morgan fingerprint density at radius 2 is 1.80 bits per heavy atom. The summed E-state index contributed by atoms with van der Waals surface area (Å²) in [6.45, 7) is 0. The van der Waals surface area contributed by atoms with E-state index in [2.05, 4.69) is 34.6 Å². The van der Waals surface area contributed by atoms with E-state index in [1.165, 1.54) is 0 Å². The normalized spacial score (nSPS) is 11.3. The smallest absolute Gasteiger partial charge is 0.149 e. The third-order valence-electron chi connectivity index (χ3n) is 2.47. The molecule has 1 heterocycles. The summed E-state index contributed by atoms with van der Waals surface area (Å²) in [5, 5.41) is 2.24. The van der Waals surface area contributed by atoms with Gasteiger partial charge in [0, 0.05) is 15.2 Å². The largest absolute Gasteiger partial charge is 0.455 e. The highest BCUT2D eigenvalue weighted by molar-refractivity contribution is 9.10. The van der Waals surface area contributed by atoms with Crippen LogP contribution in [0.15, 0.2) is 50.2 Å². The van der Waals surface area contributed by atoms with Gasteiger partial charge in [-0.05, 0) is 34.1 Å². The summed E-state index contributed by atoms with van der Waals surface area (Å²) in [7, 11) is 0. The molecule has 3 heteroatoms. The summed E-state index contributed by atoms with van der Waals surface area (Å²) in [6, 6.07) is 12.0. The van der Waals surface area contributed by atoms with Gasteiger partial charge in [0.1, 0.15) is 11.2 Å². The van der Waals surface area contributed by atoms with Crippen molar-refractivity contribution in [2.45, 2.75) is 4.90 Å². The van der Waals surface area contributed by atoms with E-state index in [0.717, 1.165) is 31.3 Å². The Balaban J connectivity index is 2.60. The number of fused-ring (bicyclic) bond motifs is 3. The van der Waals surface area contributed by atoms with Crippen molar-refractivity contribution in [2.75, 3.05) is 0 Å². The van der Waals surface area contributed by atoms with Crippen LogP contribution >= 0.6 is 28.6 Å². The molecule has 0 fully saturated rings. The van der Waals surface area contributed by atoms with Gasteiger partial charge in [0.15, 0.2) is 0 Å². The van der Waals surface area contributed by atoms with Gasteiger partial charge in [-0.1, -0.05) is 18.2 Å². The van der Waals surface area contributed by atoms with E-state index < -0.39 is 0 Å². The van der Waals surface area contributed by atoms with Crippen molar-refractivity contribution in [3.05, 3.63) is 40.9 Å². The molecule has 0 unspecified atom stereocenters. The van der Waals surface area contributed by atoms with Crippen LogP contribution < -0.4 is 0 Å². The molecule has 0 bridgehead atoms. The maximum absolute atomic E-state index is 5.76. The van der Waals surface area contributed by atoms with Crippen molar-refractivity contribution < 1.29 is 4.42 Å². The maximum atomic E-state index is 5.76. The zero-order valence-corrected chi connectivity index (χ0v) is 10.2. The van der Waals surface area contributed by atoms with E-state index >= 15 is 0 Å². The molecule has 0 saturated heterocycles. The third-order valence-corrected chi connectivity index (χ3v) is 3.88. The molecular weight excluding hydrogens is 272 g/mol. The minimum Gasteiger partial charge on any atom is -0.455 e. The first kappa shape index (κ1) is 9.31. The summed E-state index contributed by atoms with van der Waals surface area (Å²) in [4.78, 5) is 0.851. The predicted octanol–water partition coefficient (Wildman–Crippen LogP) is 4.64. The minimum atomic E-state index is 0.842. The van der Waals surface area contributed by atoms with Crippen LogP contribution in [0.2, 0.25) is 0 Å². The Bertz CT molecular complexity index is 657.